The molecule has 2 N–H and O–H groups in total. The number of thiazole rings is 1. The lowest BCUT2D eigenvalue weighted by atomic mass is 9.50. The van der Waals surface area contributed by atoms with Gasteiger partial charge in [-0.05, 0) is 75.5 Å². The van der Waals surface area contributed by atoms with Crippen LogP contribution < -0.4 is 5.73 Å². The Balaban J connectivity index is 1.56. The number of hydrogen-bond acceptors (Lipinski definition) is 3. The van der Waals surface area contributed by atoms with Gasteiger partial charge < -0.3 is 5.73 Å². The van der Waals surface area contributed by atoms with Crippen LogP contribution in [0, 0.1) is 17.8 Å². The average Bonchev–Trinajstić information content (AvgIpc) is 2.83. The Morgan fingerprint density at radius 2 is 1.70 bits per heavy atom. The fraction of sp³-hybridized carbons (Fsp3) is 0.824. The number of fused-ring (bicyclic) bond motifs is 1. The van der Waals surface area contributed by atoms with Crippen molar-refractivity contribution in [2.24, 2.45) is 23.5 Å². The molecule has 0 aliphatic heterocycles. The van der Waals surface area contributed by atoms with Gasteiger partial charge in [-0.3, -0.25) is 0 Å². The van der Waals surface area contributed by atoms with E-state index in [1.807, 2.05) is 11.3 Å². The van der Waals surface area contributed by atoms with E-state index in [0.29, 0.717) is 5.41 Å². The lowest BCUT2D eigenvalue weighted by Gasteiger charge is -2.56. The highest BCUT2D eigenvalue weighted by atomic mass is 32.1. The number of aryl methyl sites for hydroxylation is 1. The summed E-state index contributed by atoms with van der Waals surface area (Å²) < 4.78 is 0. The van der Waals surface area contributed by atoms with E-state index in [-0.39, 0.29) is 6.04 Å². The summed E-state index contributed by atoms with van der Waals surface area (Å²) in [5.41, 5.74) is 8.03. The molecule has 1 heterocycles. The van der Waals surface area contributed by atoms with Gasteiger partial charge in [0.1, 0.15) is 0 Å². The number of nitrogens with two attached hydrogens (primary N) is 1. The molecule has 5 aliphatic rings. The molecule has 0 aromatic carbocycles. The Kier molecular flexibility index (Phi) is 2.48. The van der Waals surface area contributed by atoms with E-state index in [2.05, 4.69) is 0 Å². The van der Waals surface area contributed by atoms with Crippen molar-refractivity contribution in [1.29, 1.82) is 0 Å². The molecule has 5 aliphatic carbocycles. The minimum absolute atomic E-state index is 0.220. The van der Waals surface area contributed by atoms with Gasteiger partial charge in [0.15, 0.2) is 0 Å². The molecule has 4 bridgehead atoms. The second-order valence-corrected chi connectivity index (χ2v) is 9.11. The van der Waals surface area contributed by atoms with Crippen LogP contribution in [0.15, 0.2) is 0 Å². The summed E-state index contributed by atoms with van der Waals surface area (Å²) in [5, 5.41) is 1.49. The van der Waals surface area contributed by atoms with Crippen LogP contribution in [-0.4, -0.2) is 4.98 Å². The lowest BCUT2D eigenvalue weighted by molar-refractivity contribution is -0.00535. The summed E-state index contributed by atoms with van der Waals surface area (Å²) in [5.74, 6) is 3.03. The molecule has 2 nitrogen and oxygen atoms in total. The largest absolute Gasteiger partial charge is 0.323 e. The van der Waals surface area contributed by atoms with Crippen molar-refractivity contribution in [3.63, 3.8) is 0 Å². The van der Waals surface area contributed by atoms with E-state index in [0.717, 1.165) is 24.2 Å². The van der Waals surface area contributed by atoms with Crippen molar-refractivity contribution in [2.75, 3.05) is 0 Å². The lowest BCUT2D eigenvalue weighted by Crippen LogP contribution is -2.48. The molecule has 20 heavy (non-hydrogen) atoms. The monoisotopic (exact) mass is 288 g/mol. The van der Waals surface area contributed by atoms with Crippen LogP contribution in [0.5, 0.6) is 0 Å². The van der Waals surface area contributed by atoms with Gasteiger partial charge in [-0.2, -0.15) is 0 Å². The first kappa shape index (κ1) is 12.2. The molecule has 0 spiro atoms. The van der Waals surface area contributed by atoms with Crippen molar-refractivity contribution in [2.45, 2.75) is 69.2 Å². The number of hydrogen-bond donors (Lipinski definition) is 1. The third-order valence-electron chi connectivity index (χ3n) is 6.49. The highest BCUT2D eigenvalue weighted by Crippen LogP contribution is 2.61. The molecule has 3 heteroatoms. The van der Waals surface area contributed by atoms with Crippen molar-refractivity contribution < 1.29 is 0 Å². The third kappa shape index (κ3) is 1.62. The predicted molar refractivity (Wildman–Crippen MR) is 81.8 cm³/mol. The Hall–Kier alpha value is -0.410. The average molecular weight is 288 g/mol. The SMILES string of the molecule is NC1CCCc2sc(C34CC5CC(CC(C5)C3)C4)nc21. The normalized spacial score (nSPS) is 45.6. The molecule has 1 atom stereocenters. The summed E-state index contributed by atoms with van der Waals surface area (Å²) in [7, 11) is 0. The summed E-state index contributed by atoms with van der Waals surface area (Å²) in [4.78, 5) is 6.64. The minimum Gasteiger partial charge on any atom is -0.323 e. The maximum atomic E-state index is 6.30. The van der Waals surface area contributed by atoms with Crippen LogP contribution >= 0.6 is 11.3 Å². The predicted octanol–water partition coefficient (Wildman–Crippen LogP) is 3.95. The first-order valence-electron chi connectivity index (χ1n) is 8.47. The van der Waals surface area contributed by atoms with E-state index in [1.165, 1.54) is 66.9 Å². The van der Waals surface area contributed by atoms with E-state index in [9.17, 15) is 0 Å². The molecule has 4 fully saturated rings. The standard InChI is InChI=1S/C17H24N2S/c18-13-2-1-3-14-15(13)19-16(20-14)17-7-10-4-11(8-17)6-12(5-10)9-17/h10-13H,1-9,18H2. The van der Waals surface area contributed by atoms with Crippen molar-refractivity contribution in [1.82, 2.24) is 4.98 Å². The first-order valence-corrected chi connectivity index (χ1v) is 9.29. The quantitative estimate of drug-likeness (QED) is 0.850. The fourth-order valence-electron chi connectivity index (χ4n) is 6.05. The van der Waals surface area contributed by atoms with Gasteiger partial charge in [0, 0.05) is 16.3 Å². The van der Waals surface area contributed by atoms with Gasteiger partial charge in [-0.1, -0.05) is 0 Å². The molecule has 0 radical (unpaired) electrons. The van der Waals surface area contributed by atoms with E-state index in [4.69, 9.17) is 10.7 Å². The van der Waals surface area contributed by atoms with Gasteiger partial charge in [-0.15, -0.1) is 11.3 Å². The van der Waals surface area contributed by atoms with E-state index < -0.39 is 0 Å². The summed E-state index contributed by atoms with van der Waals surface area (Å²) in [6.45, 7) is 0. The Morgan fingerprint density at radius 1 is 1.05 bits per heavy atom. The fourth-order valence-corrected chi connectivity index (χ4v) is 7.44. The van der Waals surface area contributed by atoms with Gasteiger partial charge in [0.05, 0.1) is 10.7 Å². The van der Waals surface area contributed by atoms with E-state index in [1.54, 1.807) is 0 Å². The number of nitrogens with zero attached hydrogens (tertiary/aromatic N) is 1. The van der Waals surface area contributed by atoms with Gasteiger partial charge in [-0.25, -0.2) is 4.98 Å². The Bertz CT molecular complexity index is 512. The molecule has 108 valence electrons. The maximum absolute atomic E-state index is 6.30. The van der Waals surface area contributed by atoms with Crippen molar-refractivity contribution in [3.8, 4) is 0 Å². The van der Waals surface area contributed by atoms with Gasteiger partial charge in [0.25, 0.3) is 0 Å². The van der Waals surface area contributed by atoms with Crippen LogP contribution in [0.3, 0.4) is 0 Å². The van der Waals surface area contributed by atoms with Crippen LogP contribution in [0.1, 0.15) is 73.0 Å². The summed E-state index contributed by atoms with van der Waals surface area (Å²) in [6, 6.07) is 0.220. The van der Waals surface area contributed by atoms with Crippen LogP contribution in [0.4, 0.5) is 0 Å². The molecule has 4 saturated carbocycles. The number of aromatic nitrogens is 1. The van der Waals surface area contributed by atoms with Crippen molar-refractivity contribution >= 4 is 11.3 Å². The molecule has 0 saturated heterocycles. The molecule has 0 amide bonds. The molecule has 1 aromatic heterocycles. The van der Waals surface area contributed by atoms with E-state index >= 15 is 0 Å². The van der Waals surface area contributed by atoms with Crippen LogP contribution in [0.25, 0.3) is 0 Å². The third-order valence-corrected chi connectivity index (χ3v) is 7.87. The second kappa shape index (κ2) is 4.07. The second-order valence-electron chi connectivity index (χ2n) is 8.02. The molecule has 1 unspecified atom stereocenters. The Labute approximate surface area is 125 Å². The van der Waals surface area contributed by atoms with Crippen LogP contribution in [-0.2, 0) is 11.8 Å². The van der Waals surface area contributed by atoms with Gasteiger partial charge >= 0.3 is 0 Å². The zero-order valence-corrected chi connectivity index (χ0v) is 12.9. The highest BCUT2D eigenvalue weighted by Gasteiger charge is 2.53. The first-order chi connectivity index (χ1) is 9.72. The zero-order valence-electron chi connectivity index (χ0n) is 12.1. The van der Waals surface area contributed by atoms with Crippen LogP contribution in [0.2, 0.25) is 0 Å². The topological polar surface area (TPSA) is 38.9 Å². The maximum Gasteiger partial charge on any atom is 0.0993 e. The number of rotatable bonds is 1. The highest BCUT2D eigenvalue weighted by molar-refractivity contribution is 7.12. The smallest absolute Gasteiger partial charge is 0.0993 e. The minimum atomic E-state index is 0.220. The summed E-state index contributed by atoms with van der Waals surface area (Å²) in [6.07, 6.45) is 12.5. The summed E-state index contributed by atoms with van der Waals surface area (Å²) >= 11 is 2.04. The van der Waals surface area contributed by atoms with Crippen molar-refractivity contribution in [3.05, 3.63) is 15.6 Å². The zero-order chi connectivity index (χ0) is 13.3. The Morgan fingerprint density at radius 3 is 2.30 bits per heavy atom. The molecule has 1 aromatic rings. The molecular formula is C17H24N2S. The van der Waals surface area contributed by atoms with Gasteiger partial charge in [0.2, 0.25) is 0 Å². The molecular weight excluding hydrogens is 264 g/mol. The molecule has 6 rings (SSSR count).